The van der Waals surface area contributed by atoms with Gasteiger partial charge in [0.15, 0.2) is 0 Å². The Morgan fingerprint density at radius 3 is 2.68 bits per heavy atom. The van der Waals surface area contributed by atoms with Crippen molar-refractivity contribution >= 4 is 28.5 Å². The van der Waals surface area contributed by atoms with Gasteiger partial charge in [-0.3, -0.25) is 9.59 Å². The van der Waals surface area contributed by atoms with E-state index < -0.39 is 0 Å². The Kier molecular flexibility index (Phi) is 4.26. The second-order valence-electron chi connectivity index (χ2n) is 6.92. The maximum absolute atomic E-state index is 12.5. The van der Waals surface area contributed by atoms with Crippen LogP contribution in [0.2, 0.25) is 0 Å². The number of amides is 2. The fraction of sp³-hybridized carbons (Fsp3) is 0.421. The van der Waals surface area contributed by atoms with Crippen LogP contribution in [0.5, 0.6) is 0 Å². The molecular weight excluding hydrogens is 316 g/mol. The summed E-state index contributed by atoms with van der Waals surface area (Å²) in [4.78, 5) is 29.0. The molecule has 2 aliphatic carbocycles. The molecule has 1 aromatic heterocycles. The van der Waals surface area contributed by atoms with Gasteiger partial charge < -0.3 is 16.0 Å². The zero-order valence-corrected chi connectivity index (χ0v) is 14.0. The summed E-state index contributed by atoms with van der Waals surface area (Å²) in [5.74, 6) is 1.06. The van der Waals surface area contributed by atoms with E-state index in [1.165, 1.54) is 12.8 Å². The molecule has 2 saturated carbocycles. The van der Waals surface area contributed by atoms with Crippen LogP contribution in [0.25, 0.3) is 10.9 Å². The summed E-state index contributed by atoms with van der Waals surface area (Å²) < 4.78 is 0. The van der Waals surface area contributed by atoms with Gasteiger partial charge in [-0.05, 0) is 43.7 Å². The zero-order valence-electron chi connectivity index (χ0n) is 14.0. The lowest BCUT2D eigenvalue weighted by molar-refractivity contribution is -0.119. The summed E-state index contributed by atoms with van der Waals surface area (Å²) in [7, 11) is 0. The predicted octanol–water partition coefficient (Wildman–Crippen LogP) is 2.07. The third-order valence-electron chi connectivity index (χ3n) is 4.59. The summed E-state index contributed by atoms with van der Waals surface area (Å²) in [5.41, 5.74) is 1.34. The minimum atomic E-state index is -0.0812. The van der Waals surface area contributed by atoms with E-state index in [1.54, 1.807) is 6.07 Å². The molecule has 2 fully saturated rings. The molecule has 2 aliphatic rings. The van der Waals surface area contributed by atoms with E-state index in [1.807, 2.05) is 24.3 Å². The van der Waals surface area contributed by atoms with Crippen molar-refractivity contribution in [2.45, 2.75) is 31.7 Å². The average Bonchev–Trinajstić information content (AvgIpc) is 3.52. The monoisotopic (exact) mass is 338 g/mol. The van der Waals surface area contributed by atoms with Crippen LogP contribution in [0.1, 0.15) is 36.0 Å². The van der Waals surface area contributed by atoms with Crippen LogP contribution in [0.15, 0.2) is 30.3 Å². The van der Waals surface area contributed by atoms with E-state index >= 15 is 0 Å². The van der Waals surface area contributed by atoms with E-state index in [-0.39, 0.29) is 18.4 Å². The molecule has 3 N–H and O–H groups in total. The van der Waals surface area contributed by atoms with E-state index in [9.17, 15) is 9.59 Å². The van der Waals surface area contributed by atoms with Crippen LogP contribution in [-0.4, -0.2) is 35.9 Å². The SMILES string of the molecule is O=C(CNc1cc(C(=O)NC2CC2)c2ccccc2n1)NCC1CC1. The number of carbonyl (C=O) groups excluding carboxylic acids is 2. The first-order valence-corrected chi connectivity index (χ1v) is 8.90. The standard InChI is InChI=1S/C19H22N4O2/c24-18(21-10-12-5-6-12)11-20-17-9-15(19(25)22-13-7-8-13)14-3-1-2-4-16(14)23-17/h1-4,9,12-13H,5-8,10-11H2,(H,20,23)(H,21,24)(H,22,25). The molecular formula is C19H22N4O2. The van der Waals surface area contributed by atoms with Gasteiger partial charge in [0, 0.05) is 18.0 Å². The van der Waals surface area contributed by atoms with E-state index in [2.05, 4.69) is 20.9 Å². The highest BCUT2D eigenvalue weighted by Gasteiger charge is 2.25. The quantitative estimate of drug-likeness (QED) is 0.722. The molecule has 0 spiro atoms. The molecule has 1 heterocycles. The van der Waals surface area contributed by atoms with Crippen molar-refractivity contribution in [3.05, 3.63) is 35.9 Å². The Bertz CT molecular complexity index is 812. The fourth-order valence-corrected chi connectivity index (χ4v) is 2.76. The highest BCUT2D eigenvalue weighted by Crippen LogP contribution is 2.27. The number of carbonyl (C=O) groups is 2. The molecule has 2 aromatic rings. The van der Waals surface area contributed by atoms with Crippen molar-refractivity contribution in [1.29, 1.82) is 0 Å². The normalized spacial score (nSPS) is 16.5. The molecule has 130 valence electrons. The number of nitrogens with one attached hydrogen (secondary N) is 3. The number of aromatic nitrogens is 1. The van der Waals surface area contributed by atoms with Crippen LogP contribution in [-0.2, 0) is 4.79 Å². The molecule has 0 aliphatic heterocycles. The van der Waals surface area contributed by atoms with Crippen LogP contribution in [0.3, 0.4) is 0 Å². The summed E-state index contributed by atoms with van der Waals surface area (Å²) in [5, 5.41) is 9.80. The molecule has 0 radical (unpaired) electrons. The third kappa shape index (κ3) is 4.07. The molecule has 0 unspecified atom stereocenters. The van der Waals surface area contributed by atoms with Crippen LogP contribution < -0.4 is 16.0 Å². The lowest BCUT2D eigenvalue weighted by Gasteiger charge is -2.11. The van der Waals surface area contributed by atoms with Crippen molar-refractivity contribution in [3.63, 3.8) is 0 Å². The summed E-state index contributed by atoms with van der Waals surface area (Å²) >= 11 is 0. The Hall–Kier alpha value is -2.63. The number of rotatable bonds is 7. The number of para-hydroxylation sites is 1. The van der Waals surface area contributed by atoms with Gasteiger partial charge in [0.2, 0.25) is 5.91 Å². The second kappa shape index (κ2) is 6.70. The van der Waals surface area contributed by atoms with Crippen molar-refractivity contribution in [2.75, 3.05) is 18.4 Å². The summed E-state index contributed by atoms with van der Waals surface area (Å²) in [6.45, 7) is 0.905. The van der Waals surface area contributed by atoms with Gasteiger partial charge >= 0.3 is 0 Å². The minimum absolute atomic E-state index is 0.0501. The Labute approximate surface area is 146 Å². The lowest BCUT2D eigenvalue weighted by atomic mass is 10.1. The molecule has 6 nitrogen and oxygen atoms in total. The Morgan fingerprint density at radius 2 is 1.92 bits per heavy atom. The number of hydrogen-bond donors (Lipinski definition) is 3. The first-order valence-electron chi connectivity index (χ1n) is 8.90. The van der Waals surface area contributed by atoms with Gasteiger partial charge in [0.1, 0.15) is 5.82 Å². The van der Waals surface area contributed by atoms with Gasteiger partial charge in [0.05, 0.1) is 17.6 Å². The predicted molar refractivity (Wildman–Crippen MR) is 96.5 cm³/mol. The van der Waals surface area contributed by atoms with Crippen molar-refractivity contribution < 1.29 is 9.59 Å². The number of anilines is 1. The van der Waals surface area contributed by atoms with Crippen LogP contribution >= 0.6 is 0 Å². The fourth-order valence-electron chi connectivity index (χ4n) is 2.76. The molecule has 1 aromatic carbocycles. The summed E-state index contributed by atoms with van der Waals surface area (Å²) in [6, 6.07) is 9.59. The lowest BCUT2D eigenvalue weighted by Crippen LogP contribution is -2.31. The highest BCUT2D eigenvalue weighted by atomic mass is 16.2. The Balaban J connectivity index is 1.49. The third-order valence-corrected chi connectivity index (χ3v) is 4.59. The number of fused-ring (bicyclic) bond motifs is 1. The van der Waals surface area contributed by atoms with E-state index in [0.717, 1.165) is 30.3 Å². The van der Waals surface area contributed by atoms with Gasteiger partial charge in [-0.1, -0.05) is 18.2 Å². The van der Waals surface area contributed by atoms with Crippen molar-refractivity contribution in [1.82, 2.24) is 15.6 Å². The van der Waals surface area contributed by atoms with Crippen molar-refractivity contribution in [3.8, 4) is 0 Å². The van der Waals surface area contributed by atoms with Gasteiger partial charge in [0.25, 0.3) is 5.91 Å². The second-order valence-corrected chi connectivity index (χ2v) is 6.92. The maximum Gasteiger partial charge on any atom is 0.252 e. The molecule has 2 amide bonds. The number of benzene rings is 1. The van der Waals surface area contributed by atoms with Crippen LogP contribution in [0, 0.1) is 5.92 Å². The minimum Gasteiger partial charge on any atom is -0.361 e. The topological polar surface area (TPSA) is 83.1 Å². The van der Waals surface area contributed by atoms with Crippen LogP contribution in [0.4, 0.5) is 5.82 Å². The Morgan fingerprint density at radius 1 is 1.12 bits per heavy atom. The molecule has 0 bridgehead atoms. The van der Waals surface area contributed by atoms with Crippen molar-refractivity contribution in [2.24, 2.45) is 5.92 Å². The first-order chi connectivity index (χ1) is 12.2. The highest BCUT2D eigenvalue weighted by molar-refractivity contribution is 6.07. The number of nitrogens with zero attached hydrogens (tertiary/aromatic N) is 1. The average molecular weight is 338 g/mol. The molecule has 25 heavy (non-hydrogen) atoms. The molecule has 6 heteroatoms. The van der Waals surface area contributed by atoms with E-state index in [4.69, 9.17) is 0 Å². The largest absolute Gasteiger partial charge is 0.361 e. The van der Waals surface area contributed by atoms with E-state index in [0.29, 0.717) is 23.3 Å². The molecule has 0 atom stereocenters. The van der Waals surface area contributed by atoms with Gasteiger partial charge in [-0.15, -0.1) is 0 Å². The van der Waals surface area contributed by atoms with Gasteiger partial charge in [-0.2, -0.15) is 0 Å². The summed E-state index contributed by atoms with van der Waals surface area (Å²) in [6.07, 6.45) is 4.50. The number of pyridine rings is 1. The molecule has 0 saturated heterocycles. The van der Waals surface area contributed by atoms with Gasteiger partial charge in [-0.25, -0.2) is 4.98 Å². The first kappa shape index (κ1) is 15.9. The maximum atomic E-state index is 12.5. The number of hydrogen-bond acceptors (Lipinski definition) is 4. The smallest absolute Gasteiger partial charge is 0.252 e. The molecule has 4 rings (SSSR count). The zero-order chi connectivity index (χ0) is 17.2.